The van der Waals surface area contributed by atoms with E-state index in [2.05, 4.69) is 65.6 Å². The lowest BCUT2D eigenvalue weighted by molar-refractivity contribution is 0.0853. The molecule has 0 spiro atoms. The zero-order valence-electron chi connectivity index (χ0n) is 18.2. The Kier molecular flexibility index (Phi) is 5.20. The monoisotopic (exact) mass is 412 g/mol. The van der Waals surface area contributed by atoms with Crippen LogP contribution in [-0.4, -0.2) is 39.7 Å². The second-order valence-electron chi connectivity index (χ2n) is 8.47. The summed E-state index contributed by atoms with van der Waals surface area (Å²) < 4.78 is 7.77. The van der Waals surface area contributed by atoms with Crippen LogP contribution in [0.15, 0.2) is 72.7 Å². The number of aromatic nitrogens is 3. The predicted octanol–water partition coefficient (Wildman–Crippen LogP) is 5.12. The number of rotatable bonds is 4. The van der Waals surface area contributed by atoms with E-state index in [1.807, 2.05) is 19.3 Å². The number of benzene rings is 1. The van der Waals surface area contributed by atoms with E-state index in [4.69, 9.17) is 14.7 Å². The Labute approximate surface area is 183 Å². The number of nitrogens with zero attached hydrogens (tertiary/aromatic N) is 4. The molecule has 2 aliphatic rings. The quantitative estimate of drug-likeness (QED) is 0.597. The van der Waals surface area contributed by atoms with Gasteiger partial charge in [0.25, 0.3) is 0 Å². The van der Waals surface area contributed by atoms with Gasteiger partial charge in [0.2, 0.25) is 0 Å². The second kappa shape index (κ2) is 8.16. The van der Waals surface area contributed by atoms with Gasteiger partial charge in [0.15, 0.2) is 5.65 Å². The first-order chi connectivity index (χ1) is 15.1. The van der Waals surface area contributed by atoms with E-state index >= 15 is 0 Å². The summed E-state index contributed by atoms with van der Waals surface area (Å²) >= 11 is 0. The largest absolute Gasteiger partial charge is 0.381 e. The molecule has 0 aliphatic carbocycles. The van der Waals surface area contributed by atoms with Crippen LogP contribution in [0.2, 0.25) is 0 Å². The van der Waals surface area contributed by atoms with Crippen molar-refractivity contribution in [2.45, 2.75) is 32.2 Å². The molecule has 0 radical (unpaired) electrons. The van der Waals surface area contributed by atoms with Crippen LogP contribution in [-0.2, 0) is 11.3 Å². The molecule has 2 aromatic heterocycles. The first kappa shape index (κ1) is 19.8. The fraction of sp³-hybridized carbons (Fsp3) is 0.308. The number of allylic oxidation sites excluding steroid dienone is 3. The Hall–Kier alpha value is -3.18. The molecule has 2 aliphatic heterocycles. The Morgan fingerprint density at radius 3 is 2.68 bits per heavy atom. The molecule has 0 atom stereocenters. The summed E-state index contributed by atoms with van der Waals surface area (Å²) in [5.41, 5.74) is 7.61. The molecule has 1 fully saturated rings. The van der Waals surface area contributed by atoms with Crippen LogP contribution in [0.5, 0.6) is 0 Å². The van der Waals surface area contributed by atoms with Gasteiger partial charge >= 0.3 is 0 Å². The highest BCUT2D eigenvalue weighted by molar-refractivity contribution is 5.81. The van der Waals surface area contributed by atoms with Crippen LogP contribution in [0.4, 0.5) is 0 Å². The Balaban J connectivity index is 1.62. The van der Waals surface area contributed by atoms with E-state index in [0.29, 0.717) is 5.92 Å². The Morgan fingerprint density at radius 1 is 1.16 bits per heavy atom. The van der Waals surface area contributed by atoms with E-state index in [1.54, 1.807) is 0 Å². The van der Waals surface area contributed by atoms with Crippen molar-refractivity contribution in [2.24, 2.45) is 0 Å². The molecule has 0 saturated carbocycles. The lowest BCUT2D eigenvalue weighted by atomic mass is 9.93. The van der Waals surface area contributed by atoms with Crippen molar-refractivity contribution in [1.29, 1.82) is 0 Å². The predicted molar refractivity (Wildman–Crippen MR) is 125 cm³/mol. The highest BCUT2D eigenvalue weighted by Gasteiger charge is 2.22. The van der Waals surface area contributed by atoms with E-state index in [-0.39, 0.29) is 0 Å². The van der Waals surface area contributed by atoms with Gasteiger partial charge in [-0.15, -0.1) is 0 Å². The molecule has 5 heteroatoms. The second-order valence-corrected chi connectivity index (χ2v) is 8.47. The number of likely N-dealkylation sites (N-methyl/N-ethyl adjacent to an activating group) is 1. The van der Waals surface area contributed by atoms with E-state index < -0.39 is 0 Å². The molecule has 3 aromatic rings. The van der Waals surface area contributed by atoms with Crippen molar-refractivity contribution in [1.82, 2.24) is 19.4 Å². The van der Waals surface area contributed by atoms with Crippen molar-refractivity contribution in [3.63, 3.8) is 0 Å². The van der Waals surface area contributed by atoms with Gasteiger partial charge in [-0.2, -0.15) is 0 Å². The summed E-state index contributed by atoms with van der Waals surface area (Å²) in [5, 5.41) is 0. The zero-order chi connectivity index (χ0) is 21.4. The molecule has 5 nitrogen and oxygen atoms in total. The van der Waals surface area contributed by atoms with Crippen LogP contribution < -0.4 is 0 Å². The maximum Gasteiger partial charge on any atom is 0.160 e. The topological polar surface area (TPSA) is 43.2 Å². The summed E-state index contributed by atoms with van der Waals surface area (Å²) in [6.07, 6.45) is 8.41. The number of hydrogen-bond donors (Lipinski definition) is 0. The minimum Gasteiger partial charge on any atom is -0.381 e. The van der Waals surface area contributed by atoms with E-state index in [1.165, 1.54) is 11.1 Å². The fourth-order valence-corrected chi connectivity index (χ4v) is 4.46. The van der Waals surface area contributed by atoms with Crippen LogP contribution in [0.3, 0.4) is 0 Å². The molecule has 31 heavy (non-hydrogen) atoms. The molecule has 1 saturated heterocycles. The first-order valence-corrected chi connectivity index (χ1v) is 10.9. The third kappa shape index (κ3) is 3.81. The van der Waals surface area contributed by atoms with Gasteiger partial charge in [0.1, 0.15) is 11.3 Å². The molecule has 0 N–H and O–H groups in total. The highest BCUT2D eigenvalue weighted by Crippen LogP contribution is 2.32. The maximum absolute atomic E-state index is 5.54. The fourth-order valence-electron chi connectivity index (χ4n) is 4.46. The minimum atomic E-state index is 0.499. The molecule has 0 amide bonds. The van der Waals surface area contributed by atoms with Gasteiger partial charge in [-0.3, -0.25) is 0 Å². The van der Waals surface area contributed by atoms with Crippen molar-refractivity contribution in [3.05, 3.63) is 89.7 Å². The molecule has 0 unspecified atom stereocenters. The Bertz CT molecular complexity index is 1180. The van der Waals surface area contributed by atoms with Crippen LogP contribution >= 0.6 is 0 Å². The zero-order valence-corrected chi connectivity index (χ0v) is 18.2. The smallest absolute Gasteiger partial charge is 0.160 e. The summed E-state index contributed by atoms with van der Waals surface area (Å²) in [5.74, 6) is 1.44. The van der Waals surface area contributed by atoms with E-state index in [0.717, 1.165) is 66.4 Å². The van der Waals surface area contributed by atoms with Gasteiger partial charge in [0.05, 0.1) is 6.54 Å². The van der Waals surface area contributed by atoms with Gasteiger partial charge in [0, 0.05) is 43.9 Å². The van der Waals surface area contributed by atoms with Gasteiger partial charge in [-0.05, 0) is 54.5 Å². The minimum absolute atomic E-state index is 0.499. The van der Waals surface area contributed by atoms with E-state index in [9.17, 15) is 0 Å². The van der Waals surface area contributed by atoms with Gasteiger partial charge < -0.3 is 14.2 Å². The average Bonchev–Trinajstić information content (AvgIpc) is 3.16. The number of pyridine rings is 1. The van der Waals surface area contributed by atoms with Gasteiger partial charge in [-0.25, -0.2) is 9.97 Å². The highest BCUT2D eigenvalue weighted by atomic mass is 16.5. The summed E-state index contributed by atoms with van der Waals surface area (Å²) in [6, 6.07) is 12.7. The van der Waals surface area contributed by atoms with Crippen molar-refractivity contribution < 1.29 is 4.74 Å². The molecule has 5 rings (SSSR count). The van der Waals surface area contributed by atoms with Crippen molar-refractivity contribution in [2.75, 3.05) is 20.3 Å². The lowest BCUT2D eigenvalue weighted by Gasteiger charge is -2.24. The standard InChI is InChI=1S/C26H28N4O/c1-18-13-23(17-29(3)19(18)2)25-28-24-14-22(21-9-11-31-12-10-21)15-27-26(24)30(25)16-20-7-5-4-6-8-20/h4-8,13-15,17,21H,2,9-12,16H2,1,3H3. The molecule has 1 aromatic carbocycles. The SMILES string of the molecule is C=C1C(C)=CC(c2nc3cc(C4CCOCC4)cnc3n2Cc2ccccc2)=CN1C. The number of ether oxygens (including phenoxy) is 1. The van der Waals surface area contributed by atoms with Crippen molar-refractivity contribution >= 4 is 16.7 Å². The Morgan fingerprint density at radius 2 is 1.94 bits per heavy atom. The molecule has 158 valence electrons. The number of hydrogen-bond acceptors (Lipinski definition) is 4. The van der Waals surface area contributed by atoms with Crippen molar-refractivity contribution in [3.8, 4) is 0 Å². The molecule has 0 bridgehead atoms. The third-order valence-corrected chi connectivity index (χ3v) is 6.33. The molecule has 4 heterocycles. The number of fused-ring (bicyclic) bond motifs is 1. The summed E-state index contributed by atoms with van der Waals surface area (Å²) in [4.78, 5) is 12.1. The average molecular weight is 413 g/mol. The van der Waals surface area contributed by atoms with Gasteiger partial charge in [-0.1, -0.05) is 36.9 Å². The number of imidazole rings is 1. The lowest BCUT2D eigenvalue weighted by Crippen LogP contribution is -2.16. The molecular formula is C26H28N4O. The normalized spacial score (nSPS) is 17.7. The first-order valence-electron chi connectivity index (χ1n) is 10.9. The van der Waals surface area contributed by atoms with Crippen LogP contribution in [0.25, 0.3) is 16.7 Å². The summed E-state index contributed by atoms with van der Waals surface area (Å²) in [6.45, 7) is 8.63. The summed E-state index contributed by atoms with van der Waals surface area (Å²) in [7, 11) is 2.03. The molecular weight excluding hydrogens is 384 g/mol. The third-order valence-electron chi connectivity index (χ3n) is 6.33. The van der Waals surface area contributed by atoms with Crippen LogP contribution in [0, 0.1) is 0 Å². The maximum atomic E-state index is 5.54. The van der Waals surface area contributed by atoms with Crippen LogP contribution in [0.1, 0.15) is 42.6 Å².